The lowest BCUT2D eigenvalue weighted by atomic mass is 10.2. The second-order valence-electron chi connectivity index (χ2n) is 2.77. The van der Waals surface area contributed by atoms with Crippen LogP contribution in [-0.4, -0.2) is 5.16 Å². The summed E-state index contributed by atoms with van der Waals surface area (Å²) in [5, 5.41) is 3.78. The van der Waals surface area contributed by atoms with Gasteiger partial charge in [-0.1, -0.05) is 23.4 Å². The van der Waals surface area contributed by atoms with Crippen LogP contribution in [0.4, 0.5) is 5.88 Å². The molecular formula is C9H12N2O. The highest BCUT2D eigenvalue weighted by atomic mass is 16.5. The van der Waals surface area contributed by atoms with Crippen molar-refractivity contribution < 1.29 is 4.52 Å². The predicted octanol–water partition coefficient (Wildman–Crippen LogP) is 2.32. The molecule has 1 rings (SSSR count). The molecule has 0 saturated carbocycles. The van der Waals surface area contributed by atoms with Crippen molar-refractivity contribution in [3.8, 4) is 0 Å². The molecule has 12 heavy (non-hydrogen) atoms. The van der Waals surface area contributed by atoms with Crippen molar-refractivity contribution in [1.82, 2.24) is 5.16 Å². The van der Waals surface area contributed by atoms with Gasteiger partial charge in [0.2, 0.25) is 5.88 Å². The minimum atomic E-state index is 0.317. The van der Waals surface area contributed by atoms with Crippen LogP contribution in [0.5, 0.6) is 0 Å². The van der Waals surface area contributed by atoms with Gasteiger partial charge in [-0.3, -0.25) is 0 Å². The summed E-state index contributed by atoms with van der Waals surface area (Å²) in [6.07, 6.45) is 3.54. The summed E-state index contributed by atoms with van der Waals surface area (Å²) in [6, 6.07) is 0. The number of allylic oxidation sites excluding steroid dienone is 1. The van der Waals surface area contributed by atoms with E-state index in [9.17, 15) is 0 Å². The molecule has 0 radical (unpaired) electrons. The molecule has 1 heterocycles. The average molecular weight is 164 g/mol. The lowest BCUT2D eigenvalue weighted by Gasteiger charge is -1.89. The highest BCUT2D eigenvalue weighted by Gasteiger charge is 2.06. The largest absolute Gasteiger partial charge is 0.367 e. The zero-order valence-electron chi connectivity index (χ0n) is 7.29. The maximum Gasteiger partial charge on any atom is 0.229 e. The van der Waals surface area contributed by atoms with Crippen molar-refractivity contribution in [1.29, 1.82) is 0 Å². The smallest absolute Gasteiger partial charge is 0.229 e. The summed E-state index contributed by atoms with van der Waals surface area (Å²) in [5.74, 6) is 0.317. The third-order valence-electron chi connectivity index (χ3n) is 1.41. The SMILES string of the molecule is C=Cc1c(C=C(C)C)noc1N. The van der Waals surface area contributed by atoms with Crippen LogP contribution in [0.15, 0.2) is 16.7 Å². The number of nitrogens with zero attached hydrogens (tertiary/aromatic N) is 1. The molecule has 0 aliphatic heterocycles. The van der Waals surface area contributed by atoms with E-state index in [0.717, 1.165) is 16.8 Å². The number of hydrogen-bond acceptors (Lipinski definition) is 3. The van der Waals surface area contributed by atoms with Crippen molar-refractivity contribution >= 4 is 18.0 Å². The van der Waals surface area contributed by atoms with E-state index in [1.165, 1.54) is 0 Å². The Labute approximate surface area is 71.5 Å². The van der Waals surface area contributed by atoms with Crippen molar-refractivity contribution in [2.24, 2.45) is 0 Å². The number of aromatic nitrogens is 1. The molecule has 3 nitrogen and oxygen atoms in total. The molecule has 1 aromatic heterocycles. The molecule has 0 amide bonds. The van der Waals surface area contributed by atoms with Crippen LogP contribution in [0.3, 0.4) is 0 Å². The van der Waals surface area contributed by atoms with Crippen LogP contribution in [0.2, 0.25) is 0 Å². The fourth-order valence-corrected chi connectivity index (χ4v) is 0.906. The van der Waals surface area contributed by atoms with Crippen LogP contribution in [0.25, 0.3) is 12.2 Å². The number of rotatable bonds is 2. The Bertz CT molecular complexity index is 319. The Morgan fingerprint density at radius 1 is 1.58 bits per heavy atom. The molecule has 0 bridgehead atoms. The highest BCUT2D eigenvalue weighted by molar-refractivity contribution is 5.69. The standard InChI is InChI=1S/C9H12N2O/c1-4-7-8(5-6(2)3)11-12-9(7)10/h4-5H,1,10H2,2-3H3. The fraction of sp³-hybridized carbons (Fsp3) is 0.222. The molecule has 0 aromatic carbocycles. The predicted molar refractivity (Wildman–Crippen MR) is 50.3 cm³/mol. The molecule has 0 aliphatic rings. The first-order chi connectivity index (χ1) is 5.65. The van der Waals surface area contributed by atoms with Crippen LogP contribution < -0.4 is 5.73 Å². The van der Waals surface area contributed by atoms with Crippen LogP contribution >= 0.6 is 0 Å². The number of hydrogen-bond donors (Lipinski definition) is 1. The fourth-order valence-electron chi connectivity index (χ4n) is 0.906. The summed E-state index contributed by atoms with van der Waals surface area (Å²) in [7, 11) is 0. The molecule has 1 aromatic rings. The summed E-state index contributed by atoms with van der Waals surface area (Å²) >= 11 is 0. The van der Waals surface area contributed by atoms with E-state index in [1.54, 1.807) is 6.08 Å². The van der Waals surface area contributed by atoms with Crippen molar-refractivity contribution in [2.75, 3.05) is 5.73 Å². The van der Waals surface area contributed by atoms with E-state index >= 15 is 0 Å². The van der Waals surface area contributed by atoms with Gasteiger partial charge in [-0.15, -0.1) is 0 Å². The Hall–Kier alpha value is -1.51. The molecule has 0 unspecified atom stereocenters. The second kappa shape index (κ2) is 3.26. The minimum absolute atomic E-state index is 0.317. The van der Waals surface area contributed by atoms with E-state index in [-0.39, 0.29) is 0 Å². The first-order valence-electron chi connectivity index (χ1n) is 3.67. The monoisotopic (exact) mass is 164 g/mol. The zero-order chi connectivity index (χ0) is 9.14. The molecular weight excluding hydrogens is 152 g/mol. The molecule has 0 saturated heterocycles. The van der Waals surface area contributed by atoms with E-state index < -0.39 is 0 Å². The van der Waals surface area contributed by atoms with Gasteiger partial charge in [0.1, 0.15) is 5.69 Å². The molecule has 0 aliphatic carbocycles. The maximum atomic E-state index is 5.50. The summed E-state index contributed by atoms with van der Waals surface area (Å²) in [5.41, 5.74) is 8.14. The Kier molecular flexibility index (Phi) is 2.33. The van der Waals surface area contributed by atoms with Gasteiger partial charge in [-0.25, -0.2) is 0 Å². The third kappa shape index (κ3) is 1.56. The lowest BCUT2D eigenvalue weighted by Crippen LogP contribution is -1.84. The maximum absolute atomic E-state index is 5.50. The Morgan fingerprint density at radius 3 is 2.75 bits per heavy atom. The Balaban J connectivity index is 3.16. The van der Waals surface area contributed by atoms with E-state index in [4.69, 9.17) is 10.3 Å². The van der Waals surface area contributed by atoms with E-state index in [2.05, 4.69) is 11.7 Å². The summed E-state index contributed by atoms with van der Waals surface area (Å²) < 4.78 is 4.80. The van der Waals surface area contributed by atoms with Gasteiger partial charge >= 0.3 is 0 Å². The molecule has 0 atom stereocenters. The van der Waals surface area contributed by atoms with Crippen molar-refractivity contribution in [2.45, 2.75) is 13.8 Å². The van der Waals surface area contributed by atoms with Gasteiger partial charge in [-0.05, 0) is 19.9 Å². The molecule has 3 heteroatoms. The summed E-state index contributed by atoms with van der Waals surface area (Å²) in [4.78, 5) is 0. The first kappa shape index (κ1) is 8.59. The average Bonchev–Trinajstić information content (AvgIpc) is 2.30. The van der Waals surface area contributed by atoms with Crippen LogP contribution in [-0.2, 0) is 0 Å². The minimum Gasteiger partial charge on any atom is -0.367 e. The van der Waals surface area contributed by atoms with Gasteiger partial charge < -0.3 is 10.3 Å². The van der Waals surface area contributed by atoms with Gasteiger partial charge in [0.25, 0.3) is 0 Å². The number of nitrogen functional groups attached to an aromatic ring is 1. The van der Waals surface area contributed by atoms with E-state index in [1.807, 2.05) is 19.9 Å². The number of nitrogens with two attached hydrogens (primary N) is 1. The number of anilines is 1. The van der Waals surface area contributed by atoms with Crippen molar-refractivity contribution in [3.05, 3.63) is 23.4 Å². The van der Waals surface area contributed by atoms with Crippen LogP contribution in [0.1, 0.15) is 25.1 Å². The van der Waals surface area contributed by atoms with Gasteiger partial charge in [0, 0.05) is 0 Å². The van der Waals surface area contributed by atoms with Gasteiger partial charge in [0.15, 0.2) is 0 Å². The van der Waals surface area contributed by atoms with Crippen LogP contribution in [0, 0.1) is 0 Å². The topological polar surface area (TPSA) is 52.0 Å². The van der Waals surface area contributed by atoms with Gasteiger partial charge in [-0.2, -0.15) is 0 Å². The highest BCUT2D eigenvalue weighted by Crippen LogP contribution is 2.19. The summed E-state index contributed by atoms with van der Waals surface area (Å²) in [6.45, 7) is 7.59. The van der Waals surface area contributed by atoms with Gasteiger partial charge in [0.05, 0.1) is 5.56 Å². The quantitative estimate of drug-likeness (QED) is 0.729. The molecule has 64 valence electrons. The first-order valence-corrected chi connectivity index (χ1v) is 3.67. The van der Waals surface area contributed by atoms with Crippen molar-refractivity contribution in [3.63, 3.8) is 0 Å². The zero-order valence-corrected chi connectivity index (χ0v) is 7.29. The third-order valence-corrected chi connectivity index (χ3v) is 1.41. The normalized spacial score (nSPS) is 9.50. The molecule has 0 spiro atoms. The molecule has 2 N–H and O–H groups in total. The van der Waals surface area contributed by atoms with E-state index in [0.29, 0.717) is 5.88 Å². The lowest BCUT2D eigenvalue weighted by molar-refractivity contribution is 0.435. The Morgan fingerprint density at radius 2 is 2.25 bits per heavy atom. The second-order valence-corrected chi connectivity index (χ2v) is 2.77. The molecule has 0 fully saturated rings.